The lowest BCUT2D eigenvalue weighted by atomic mass is 9.99. The zero-order valence-electron chi connectivity index (χ0n) is 19.8. The normalized spacial score (nSPS) is 13.2. The number of hydrogen-bond donors (Lipinski definition) is 0. The Morgan fingerprint density at radius 3 is 2.03 bits per heavy atom. The number of amides is 2. The van der Waals surface area contributed by atoms with Crippen molar-refractivity contribution in [1.82, 2.24) is 0 Å². The molecule has 0 unspecified atom stereocenters. The lowest BCUT2D eigenvalue weighted by molar-refractivity contribution is -0.153. The van der Waals surface area contributed by atoms with E-state index < -0.39 is 30.6 Å². The van der Waals surface area contributed by atoms with Crippen LogP contribution in [0.3, 0.4) is 0 Å². The van der Waals surface area contributed by atoms with Crippen molar-refractivity contribution < 1.29 is 41.8 Å². The van der Waals surface area contributed by atoms with E-state index in [2.05, 4.69) is 0 Å². The van der Waals surface area contributed by atoms with E-state index in [9.17, 15) is 27.6 Å². The van der Waals surface area contributed by atoms with Gasteiger partial charge >= 0.3 is 12.1 Å². The number of alkyl halides is 3. The van der Waals surface area contributed by atoms with E-state index in [4.69, 9.17) is 25.8 Å². The number of benzene rings is 3. The summed E-state index contributed by atoms with van der Waals surface area (Å²) >= 11 is 6.40. The Labute approximate surface area is 214 Å². The molecule has 1 aliphatic heterocycles. The van der Waals surface area contributed by atoms with Crippen LogP contribution in [0.25, 0.3) is 10.8 Å². The van der Waals surface area contributed by atoms with Crippen LogP contribution >= 0.6 is 11.6 Å². The molecule has 7 nitrogen and oxygen atoms in total. The molecule has 3 aromatic carbocycles. The van der Waals surface area contributed by atoms with Gasteiger partial charge in [-0.1, -0.05) is 41.9 Å². The number of rotatable bonds is 8. The molecule has 0 bridgehead atoms. The first-order chi connectivity index (χ1) is 17.6. The minimum atomic E-state index is -4.68. The lowest BCUT2D eigenvalue weighted by Gasteiger charge is -2.17. The quantitative estimate of drug-likeness (QED) is 0.270. The predicted octanol–water partition coefficient (Wildman–Crippen LogP) is 5.74. The van der Waals surface area contributed by atoms with Crippen LogP contribution in [0.2, 0.25) is 5.02 Å². The summed E-state index contributed by atoms with van der Waals surface area (Å²) in [6.07, 6.45) is -4.76. The Bertz CT molecular complexity index is 1410. The Morgan fingerprint density at radius 2 is 1.51 bits per heavy atom. The van der Waals surface area contributed by atoms with Gasteiger partial charge in [0.25, 0.3) is 11.8 Å². The molecule has 0 atom stereocenters. The van der Waals surface area contributed by atoms with Crippen molar-refractivity contribution in [3.8, 4) is 11.5 Å². The maximum absolute atomic E-state index is 13.6. The highest BCUT2D eigenvalue weighted by molar-refractivity contribution is 6.41. The van der Waals surface area contributed by atoms with Gasteiger partial charge in [-0.3, -0.25) is 14.4 Å². The van der Waals surface area contributed by atoms with Crippen molar-refractivity contribution in [1.29, 1.82) is 0 Å². The number of carbonyl (C=O) groups is 3. The van der Waals surface area contributed by atoms with E-state index >= 15 is 0 Å². The summed E-state index contributed by atoms with van der Waals surface area (Å²) in [5, 5.41) is 0.489. The average molecular weight is 536 g/mol. The maximum atomic E-state index is 13.6. The molecular formula is C26H21ClF3NO6. The minimum absolute atomic E-state index is 0.00579. The second kappa shape index (κ2) is 10.3. The molecule has 0 fully saturated rings. The monoisotopic (exact) mass is 535 g/mol. The van der Waals surface area contributed by atoms with Gasteiger partial charge in [0.1, 0.15) is 11.5 Å². The number of halogens is 4. The molecule has 0 N–H and O–H groups in total. The highest BCUT2D eigenvalue weighted by Gasteiger charge is 2.45. The Morgan fingerprint density at radius 1 is 0.919 bits per heavy atom. The first-order valence-electron chi connectivity index (χ1n) is 11.3. The minimum Gasteiger partial charge on any atom is -0.492 e. The Balaban J connectivity index is 1.86. The van der Waals surface area contributed by atoms with Crippen LogP contribution in [0, 0.1) is 0 Å². The van der Waals surface area contributed by atoms with E-state index in [0.717, 1.165) is 4.90 Å². The number of anilines is 1. The van der Waals surface area contributed by atoms with Crippen LogP contribution in [0.1, 0.15) is 40.1 Å². The average Bonchev–Trinajstić information content (AvgIpc) is 3.08. The van der Waals surface area contributed by atoms with Crippen molar-refractivity contribution >= 4 is 45.8 Å². The molecule has 1 heterocycles. The zero-order chi connectivity index (χ0) is 26.9. The van der Waals surface area contributed by atoms with Crippen LogP contribution < -0.4 is 14.4 Å². The van der Waals surface area contributed by atoms with Crippen LogP contribution in [0.15, 0.2) is 42.5 Å². The van der Waals surface area contributed by atoms with Gasteiger partial charge in [0, 0.05) is 10.8 Å². The predicted molar refractivity (Wildman–Crippen MR) is 130 cm³/mol. The summed E-state index contributed by atoms with van der Waals surface area (Å²) in [5.74, 6) is -2.53. The molecule has 194 valence electrons. The number of carbonyl (C=O) groups excluding carboxylic acids is 3. The number of esters is 1. The fourth-order valence-corrected chi connectivity index (χ4v) is 4.42. The van der Waals surface area contributed by atoms with E-state index in [0.29, 0.717) is 10.9 Å². The molecule has 0 radical (unpaired) electrons. The van der Waals surface area contributed by atoms with Gasteiger partial charge in [0.2, 0.25) is 0 Å². The maximum Gasteiger partial charge on any atom is 0.422 e. The summed E-state index contributed by atoms with van der Waals surface area (Å²) in [6.45, 7) is 2.01. The third-order valence-electron chi connectivity index (χ3n) is 5.53. The summed E-state index contributed by atoms with van der Waals surface area (Å²) < 4.78 is 55.0. The van der Waals surface area contributed by atoms with E-state index in [-0.39, 0.29) is 58.4 Å². The summed E-state index contributed by atoms with van der Waals surface area (Å²) in [6, 6.07) is 10.6. The van der Waals surface area contributed by atoms with Crippen molar-refractivity contribution in [3.05, 3.63) is 64.2 Å². The van der Waals surface area contributed by atoms with E-state index in [1.807, 2.05) is 0 Å². The number of nitrogens with zero attached hydrogens (tertiary/aromatic N) is 1. The van der Waals surface area contributed by atoms with Gasteiger partial charge in [-0.15, -0.1) is 0 Å². The standard InChI is InChI=1S/C26H21ClF3NO6/c1-3-35-19(32)12-14-9-10-18(17(27)11-14)31-24(33)20-21(25(31)34)23(37-13-26(28,29)30)16-8-6-5-7-15(16)22(20)36-4-2/h5-11H,3-4,12-13H2,1-2H3. The molecule has 3 aromatic rings. The Hall–Kier alpha value is -3.79. The topological polar surface area (TPSA) is 82.1 Å². The van der Waals surface area contributed by atoms with Gasteiger partial charge in [-0.05, 0) is 31.5 Å². The van der Waals surface area contributed by atoms with Crippen LogP contribution in [0.4, 0.5) is 18.9 Å². The van der Waals surface area contributed by atoms with Gasteiger partial charge < -0.3 is 14.2 Å². The molecule has 0 saturated heterocycles. The van der Waals surface area contributed by atoms with Gasteiger partial charge in [0.05, 0.1) is 41.5 Å². The van der Waals surface area contributed by atoms with Gasteiger partial charge in [-0.25, -0.2) is 4.90 Å². The number of imide groups is 1. The molecule has 11 heteroatoms. The second-order valence-corrected chi connectivity index (χ2v) is 8.41. The fraction of sp³-hybridized carbons (Fsp3) is 0.269. The van der Waals surface area contributed by atoms with Crippen molar-refractivity contribution in [2.75, 3.05) is 24.7 Å². The molecule has 37 heavy (non-hydrogen) atoms. The highest BCUT2D eigenvalue weighted by atomic mass is 35.5. The smallest absolute Gasteiger partial charge is 0.422 e. The SMILES string of the molecule is CCOC(=O)Cc1ccc(N2C(=O)c3c(c(OCC(F)(F)F)c4ccccc4c3OCC)C2=O)c(Cl)c1. The molecule has 0 aliphatic carbocycles. The van der Waals surface area contributed by atoms with Crippen LogP contribution in [-0.4, -0.2) is 43.8 Å². The van der Waals surface area contributed by atoms with Crippen molar-refractivity contribution in [2.24, 2.45) is 0 Å². The van der Waals surface area contributed by atoms with Crippen molar-refractivity contribution in [3.63, 3.8) is 0 Å². The number of hydrogen-bond acceptors (Lipinski definition) is 6. The molecule has 0 saturated carbocycles. The van der Waals surface area contributed by atoms with Gasteiger partial charge in [0.15, 0.2) is 6.61 Å². The molecule has 4 rings (SSSR count). The van der Waals surface area contributed by atoms with Crippen LogP contribution in [-0.2, 0) is 16.0 Å². The lowest BCUT2D eigenvalue weighted by Crippen LogP contribution is -2.30. The fourth-order valence-electron chi connectivity index (χ4n) is 4.14. The van der Waals surface area contributed by atoms with Crippen LogP contribution in [0.5, 0.6) is 11.5 Å². The number of fused-ring (bicyclic) bond motifs is 2. The largest absolute Gasteiger partial charge is 0.492 e. The number of ether oxygens (including phenoxy) is 3. The summed E-state index contributed by atoms with van der Waals surface area (Å²) in [5.41, 5.74) is -0.0787. The van der Waals surface area contributed by atoms with Gasteiger partial charge in [-0.2, -0.15) is 13.2 Å². The molecule has 0 aromatic heterocycles. The molecule has 1 aliphatic rings. The first-order valence-corrected chi connectivity index (χ1v) is 11.7. The second-order valence-electron chi connectivity index (χ2n) is 8.00. The van der Waals surface area contributed by atoms with E-state index in [1.165, 1.54) is 24.3 Å². The Kier molecular flexibility index (Phi) is 7.31. The third kappa shape index (κ3) is 5.06. The first kappa shape index (κ1) is 26.3. The zero-order valence-corrected chi connectivity index (χ0v) is 20.5. The summed E-state index contributed by atoms with van der Waals surface area (Å²) in [7, 11) is 0. The highest BCUT2D eigenvalue weighted by Crippen LogP contribution is 2.47. The molecule has 2 amide bonds. The molecular weight excluding hydrogens is 515 g/mol. The van der Waals surface area contributed by atoms with E-state index in [1.54, 1.807) is 32.0 Å². The van der Waals surface area contributed by atoms with Crippen molar-refractivity contribution in [2.45, 2.75) is 26.4 Å². The molecule has 0 spiro atoms. The third-order valence-corrected chi connectivity index (χ3v) is 5.83. The summed E-state index contributed by atoms with van der Waals surface area (Å²) in [4.78, 5) is 39.8.